The molecule has 1 saturated heterocycles. The Balaban J connectivity index is 2.39. The summed E-state index contributed by atoms with van der Waals surface area (Å²) in [5.41, 5.74) is 0.879. The molecule has 2 rings (SSSR count). The summed E-state index contributed by atoms with van der Waals surface area (Å²) < 4.78 is 28.3. The van der Waals surface area contributed by atoms with Crippen LogP contribution >= 0.6 is 0 Å². The van der Waals surface area contributed by atoms with Crippen LogP contribution in [0, 0.1) is 0 Å². The Labute approximate surface area is 101 Å². The van der Waals surface area contributed by atoms with Gasteiger partial charge in [0.2, 0.25) is 0 Å². The number of hydrogen-bond acceptors (Lipinski definition) is 4. The lowest BCUT2D eigenvalue weighted by Gasteiger charge is -2.16. The molecule has 1 aromatic rings. The van der Waals surface area contributed by atoms with E-state index in [1.54, 1.807) is 0 Å². The fourth-order valence-electron chi connectivity index (χ4n) is 2.29. The van der Waals surface area contributed by atoms with Crippen LogP contribution in [0.25, 0.3) is 0 Å². The lowest BCUT2D eigenvalue weighted by molar-refractivity contribution is -0.140. The van der Waals surface area contributed by atoms with Crippen LogP contribution in [0.15, 0.2) is 30.3 Å². The molecule has 5 heteroatoms. The molecule has 1 aliphatic heterocycles. The summed E-state index contributed by atoms with van der Waals surface area (Å²) in [7, 11) is -2.15. The van der Waals surface area contributed by atoms with Crippen LogP contribution in [0.1, 0.15) is 17.9 Å². The second kappa shape index (κ2) is 4.49. The first-order valence-corrected chi connectivity index (χ1v) is 7.12. The largest absolute Gasteiger partial charge is 0.468 e. The van der Waals surface area contributed by atoms with Gasteiger partial charge in [0.1, 0.15) is 0 Å². The van der Waals surface area contributed by atoms with Crippen LogP contribution in [0.2, 0.25) is 0 Å². The molecule has 0 saturated carbocycles. The van der Waals surface area contributed by atoms with Gasteiger partial charge in [0.15, 0.2) is 15.1 Å². The van der Waals surface area contributed by atoms with Gasteiger partial charge in [0, 0.05) is 5.92 Å². The van der Waals surface area contributed by atoms with E-state index in [2.05, 4.69) is 4.74 Å². The number of esters is 1. The Morgan fingerprint density at radius 3 is 2.53 bits per heavy atom. The van der Waals surface area contributed by atoms with Crippen molar-refractivity contribution in [2.75, 3.05) is 12.9 Å². The maximum absolute atomic E-state index is 11.8. The summed E-state index contributed by atoms with van der Waals surface area (Å²) in [4.78, 5) is 11.6. The molecule has 0 bridgehead atoms. The van der Waals surface area contributed by atoms with Gasteiger partial charge in [0.05, 0.1) is 12.9 Å². The quantitative estimate of drug-likeness (QED) is 0.742. The summed E-state index contributed by atoms with van der Waals surface area (Å²) in [6, 6.07) is 9.24. The van der Waals surface area contributed by atoms with E-state index in [1.165, 1.54) is 7.11 Å². The van der Waals surface area contributed by atoms with E-state index in [0.717, 1.165) is 5.56 Å². The Morgan fingerprint density at radius 1 is 1.29 bits per heavy atom. The van der Waals surface area contributed by atoms with E-state index in [1.807, 2.05) is 30.3 Å². The zero-order valence-electron chi connectivity index (χ0n) is 9.50. The Bertz CT molecular complexity index is 507. The minimum atomic E-state index is -3.37. The van der Waals surface area contributed by atoms with Crippen molar-refractivity contribution in [2.45, 2.75) is 17.6 Å². The average Bonchev–Trinajstić information content (AvgIpc) is 2.65. The molecule has 0 aliphatic carbocycles. The van der Waals surface area contributed by atoms with Crippen LogP contribution in [0.5, 0.6) is 0 Å². The second-order valence-electron chi connectivity index (χ2n) is 4.12. The summed E-state index contributed by atoms with van der Waals surface area (Å²) in [6.07, 6.45) is 0.478. The summed E-state index contributed by atoms with van der Waals surface area (Å²) >= 11 is 0. The van der Waals surface area contributed by atoms with E-state index >= 15 is 0 Å². The normalized spacial score (nSPS) is 26.6. The lowest BCUT2D eigenvalue weighted by atomic mass is 9.93. The Morgan fingerprint density at radius 2 is 1.94 bits per heavy atom. The lowest BCUT2D eigenvalue weighted by Crippen LogP contribution is -2.31. The first-order chi connectivity index (χ1) is 8.06. The van der Waals surface area contributed by atoms with Crippen LogP contribution in [-0.2, 0) is 19.4 Å². The smallest absolute Gasteiger partial charge is 0.324 e. The van der Waals surface area contributed by atoms with E-state index in [0.29, 0.717) is 6.42 Å². The SMILES string of the molecule is COC(=O)[C@@H]1[C@@H](c2ccccc2)CCS1(=O)=O. The van der Waals surface area contributed by atoms with Crippen molar-refractivity contribution in [3.8, 4) is 0 Å². The molecule has 0 radical (unpaired) electrons. The molecule has 2 atom stereocenters. The predicted octanol–water partition coefficient (Wildman–Crippen LogP) is 1.13. The van der Waals surface area contributed by atoms with E-state index in [4.69, 9.17) is 0 Å². The molecule has 4 nitrogen and oxygen atoms in total. The third-order valence-corrected chi connectivity index (χ3v) is 5.23. The highest BCUT2D eigenvalue weighted by Gasteiger charge is 2.46. The minimum absolute atomic E-state index is 0.0479. The first kappa shape index (κ1) is 12.1. The van der Waals surface area contributed by atoms with Gasteiger partial charge in [-0.1, -0.05) is 30.3 Å². The standard InChI is InChI=1S/C12H14O4S/c1-16-12(13)11-10(7-8-17(11,14)15)9-5-3-2-4-6-9/h2-6,10-11H,7-8H2,1H3/t10-,11+/m1/s1. The highest BCUT2D eigenvalue weighted by atomic mass is 32.2. The van der Waals surface area contributed by atoms with Crippen molar-refractivity contribution in [1.29, 1.82) is 0 Å². The van der Waals surface area contributed by atoms with E-state index in [9.17, 15) is 13.2 Å². The van der Waals surface area contributed by atoms with Crippen molar-refractivity contribution in [1.82, 2.24) is 0 Å². The van der Waals surface area contributed by atoms with E-state index < -0.39 is 21.1 Å². The third kappa shape index (κ3) is 2.20. The van der Waals surface area contributed by atoms with Gasteiger partial charge in [-0.05, 0) is 12.0 Å². The van der Waals surface area contributed by atoms with E-state index in [-0.39, 0.29) is 11.7 Å². The molecule has 1 aliphatic rings. The van der Waals surface area contributed by atoms with Crippen molar-refractivity contribution < 1.29 is 17.9 Å². The second-order valence-corrected chi connectivity index (χ2v) is 6.36. The van der Waals surface area contributed by atoms with Crippen LogP contribution in [-0.4, -0.2) is 32.5 Å². The van der Waals surface area contributed by atoms with Crippen molar-refractivity contribution in [3.63, 3.8) is 0 Å². The number of sulfone groups is 1. The highest BCUT2D eigenvalue weighted by molar-refractivity contribution is 7.93. The van der Waals surface area contributed by atoms with Gasteiger partial charge >= 0.3 is 5.97 Å². The maximum atomic E-state index is 11.8. The summed E-state index contributed by atoms with van der Waals surface area (Å²) in [5.74, 6) is -0.892. The monoisotopic (exact) mass is 254 g/mol. The molecule has 0 aromatic heterocycles. The highest BCUT2D eigenvalue weighted by Crippen LogP contribution is 2.36. The van der Waals surface area contributed by atoms with Crippen molar-refractivity contribution >= 4 is 15.8 Å². The van der Waals surface area contributed by atoms with Gasteiger partial charge in [-0.15, -0.1) is 0 Å². The molecule has 17 heavy (non-hydrogen) atoms. The Kier molecular flexibility index (Phi) is 3.19. The topological polar surface area (TPSA) is 60.4 Å². The van der Waals surface area contributed by atoms with Gasteiger partial charge in [-0.2, -0.15) is 0 Å². The number of benzene rings is 1. The van der Waals surface area contributed by atoms with Crippen LogP contribution in [0.4, 0.5) is 0 Å². The maximum Gasteiger partial charge on any atom is 0.324 e. The molecule has 1 aromatic carbocycles. The van der Waals surface area contributed by atoms with Crippen LogP contribution in [0.3, 0.4) is 0 Å². The van der Waals surface area contributed by atoms with Gasteiger partial charge in [0.25, 0.3) is 0 Å². The zero-order chi connectivity index (χ0) is 12.5. The summed E-state index contributed by atoms with van der Waals surface area (Å²) in [6.45, 7) is 0. The van der Waals surface area contributed by atoms with Gasteiger partial charge in [-0.25, -0.2) is 8.42 Å². The number of hydrogen-bond donors (Lipinski definition) is 0. The number of carbonyl (C=O) groups is 1. The third-order valence-electron chi connectivity index (χ3n) is 3.13. The van der Waals surface area contributed by atoms with Crippen molar-refractivity contribution in [3.05, 3.63) is 35.9 Å². The number of methoxy groups -OCH3 is 1. The zero-order valence-corrected chi connectivity index (χ0v) is 10.3. The molecular weight excluding hydrogens is 240 g/mol. The molecule has 92 valence electrons. The number of carbonyl (C=O) groups excluding carboxylic acids is 1. The van der Waals surface area contributed by atoms with Gasteiger partial charge < -0.3 is 4.74 Å². The van der Waals surface area contributed by atoms with Crippen molar-refractivity contribution in [2.24, 2.45) is 0 Å². The van der Waals surface area contributed by atoms with Crippen LogP contribution < -0.4 is 0 Å². The first-order valence-electron chi connectivity index (χ1n) is 5.40. The Hall–Kier alpha value is -1.36. The summed E-state index contributed by atoms with van der Waals surface area (Å²) in [5, 5.41) is -1.05. The number of ether oxygens (including phenoxy) is 1. The molecule has 0 N–H and O–H groups in total. The molecular formula is C12H14O4S. The van der Waals surface area contributed by atoms with Gasteiger partial charge in [-0.3, -0.25) is 4.79 Å². The molecule has 0 amide bonds. The fraction of sp³-hybridized carbons (Fsp3) is 0.417. The molecule has 1 heterocycles. The molecule has 1 fully saturated rings. The average molecular weight is 254 g/mol. The number of rotatable bonds is 2. The predicted molar refractivity (Wildman–Crippen MR) is 63.4 cm³/mol. The molecule has 0 unspecified atom stereocenters. The molecule has 0 spiro atoms. The minimum Gasteiger partial charge on any atom is -0.468 e. The fourth-order valence-corrected chi connectivity index (χ4v) is 4.31.